The molecule has 0 unspecified atom stereocenters. The van der Waals surface area contributed by atoms with Crippen LogP contribution >= 0.6 is 15.9 Å². The van der Waals surface area contributed by atoms with Crippen molar-refractivity contribution in [1.82, 2.24) is 5.32 Å². The van der Waals surface area contributed by atoms with Gasteiger partial charge in [0.2, 0.25) is 0 Å². The van der Waals surface area contributed by atoms with E-state index in [2.05, 4.69) is 21.2 Å². The predicted molar refractivity (Wildman–Crippen MR) is 80.9 cm³/mol. The van der Waals surface area contributed by atoms with Gasteiger partial charge in [0.15, 0.2) is 0 Å². The fourth-order valence-electron chi connectivity index (χ4n) is 3.43. The third kappa shape index (κ3) is 2.27. The number of rotatable bonds is 2. The van der Waals surface area contributed by atoms with Crippen LogP contribution in [-0.2, 0) is 0 Å². The molecule has 0 aromatic heterocycles. The maximum absolute atomic E-state index is 13.8. The molecule has 110 valence electrons. The molecular formula is C15H20BrFN2O. The lowest BCUT2D eigenvalue weighted by molar-refractivity contribution is -0.0664. The molecule has 1 amide bonds. The van der Waals surface area contributed by atoms with Crippen molar-refractivity contribution < 1.29 is 9.18 Å². The number of hydrogen-bond donors (Lipinski definition) is 2. The fraction of sp³-hybridized carbons (Fsp3) is 0.533. The molecule has 0 saturated heterocycles. The van der Waals surface area contributed by atoms with Gasteiger partial charge in [-0.3, -0.25) is 4.79 Å². The van der Waals surface area contributed by atoms with Gasteiger partial charge < -0.3 is 11.1 Å². The second-order valence-corrected chi connectivity index (χ2v) is 7.57. The first-order valence-corrected chi connectivity index (χ1v) is 7.39. The van der Waals surface area contributed by atoms with E-state index in [9.17, 15) is 9.18 Å². The molecule has 0 heterocycles. The minimum Gasteiger partial charge on any atom is -0.348 e. The van der Waals surface area contributed by atoms with Crippen molar-refractivity contribution in [2.75, 3.05) is 0 Å². The van der Waals surface area contributed by atoms with Crippen LogP contribution in [0.15, 0.2) is 22.7 Å². The summed E-state index contributed by atoms with van der Waals surface area (Å²) in [5.41, 5.74) is 5.81. The van der Waals surface area contributed by atoms with Crippen LogP contribution in [0.5, 0.6) is 0 Å². The van der Waals surface area contributed by atoms with Gasteiger partial charge in [0, 0.05) is 27.4 Å². The first kappa shape index (κ1) is 15.4. The van der Waals surface area contributed by atoms with E-state index in [0.29, 0.717) is 4.47 Å². The molecule has 1 aromatic rings. The first-order valence-electron chi connectivity index (χ1n) is 6.60. The Morgan fingerprint density at radius 1 is 1.30 bits per heavy atom. The smallest absolute Gasteiger partial charge is 0.254 e. The SMILES string of the molecule is CC1(C)C(N)C(C)(C)C1NC(=O)c1ccc(Br)cc1F. The van der Waals surface area contributed by atoms with Gasteiger partial charge >= 0.3 is 0 Å². The van der Waals surface area contributed by atoms with E-state index in [1.807, 2.05) is 27.7 Å². The van der Waals surface area contributed by atoms with Crippen LogP contribution in [0.1, 0.15) is 38.1 Å². The fourth-order valence-corrected chi connectivity index (χ4v) is 3.77. The van der Waals surface area contributed by atoms with Crippen LogP contribution in [0, 0.1) is 16.6 Å². The topological polar surface area (TPSA) is 55.1 Å². The van der Waals surface area contributed by atoms with Gasteiger partial charge in [-0.25, -0.2) is 4.39 Å². The van der Waals surface area contributed by atoms with Gasteiger partial charge in [0.1, 0.15) is 5.82 Å². The number of hydrogen-bond acceptors (Lipinski definition) is 2. The van der Waals surface area contributed by atoms with Crippen molar-refractivity contribution in [2.45, 2.75) is 39.8 Å². The molecule has 3 N–H and O–H groups in total. The molecular weight excluding hydrogens is 323 g/mol. The number of carbonyl (C=O) groups is 1. The van der Waals surface area contributed by atoms with E-state index in [1.54, 1.807) is 6.07 Å². The van der Waals surface area contributed by atoms with Crippen molar-refractivity contribution >= 4 is 21.8 Å². The highest BCUT2D eigenvalue weighted by Gasteiger charge is 2.60. The van der Waals surface area contributed by atoms with Crippen molar-refractivity contribution in [3.05, 3.63) is 34.1 Å². The van der Waals surface area contributed by atoms with Crippen LogP contribution < -0.4 is 11.1 Å². The van der Waals surface area contributed by atoms with Gasteiger partial charge in [0.05, 0.1) is 5.56 Å². The minimum absolute atomic E-state index is 0.00457. The second kappa shape index (κ2) is 4.81. The van der Waals surface area contributed by atoms with Crippen molar-refractivity contribution in [1.29, 1.82) is 0 Å². The molecule has 1 fully saturated rings. The molecule has 1 aliphatic carbocycles. The zero-order valence-corrected chi connectivity index (χ0v) is 13.7. The molecule has 1 saturated carbocycles. The largest absolute Gasteiger partial charge is 0.348 e. The number of nitrogens with two attached hydrogens (primary N) is 1. The lowest BCUT2D eigenvalue weighted by Crippen LogP contribution is -2.76. The van der Waals surface area contributed by atoms with Crippen molar-refractivity contribution in [3.8, 4) is 0 Å². The highest BCUT2D eigenvalue weighted by Crippen LogP contribution is 2.52. The number of benzene rings is 1. The van der Waals surface area contributed by atoms with Gasteiger partial charge in [-0.1, -0.05) is 43.6 Å². The summed E-state index contributed by atoms with van der Waals surface area (Å²) in [6, 6.07) is 4.34. The Labute approximate surface area is 127 Å². The van der Waals surface area contributed by atoms with Gasteiger partial charge in [-0.05, 0) is 18.2 Å². The summed E-state index contributed by atoms with van der Waals surface area (Å²) in [7, 11) is 0. The van der Waals surface area contributed by atoms with E-state index >= 15 is 0 Å². The average Bonchev–Trinajstić information content (AvgIpc) is 2.34. The molecule has 5 heteroatoms. The molecule has 0 radical (unpaired) electrons. The Morgan fingerprint density at radius 2 is 1.85 bits per heavy atom. The molecule has 2 rings (SSSR count). The summed E-state index contributed by atoms with van der Waals surface area (Å²) >= 11 is 3.18. The van der Waals surface area contributed by atoms with Gasteiger partial charge in [-0.2, -0.15) is 0 Å². The molecule has 0 atom stereocenters. The summed E-state index contributed by atoms with van der Waals surface area (Å²) in [6.07, 6.45) is 0. The summed E-state index contributed by atoms with van der Waals surface area (Å²) < 4.78 is 14.4. The summed E-state index contributed by atoms with van der Waals surface area (Å²) in [5, 5.41) is 2.93. The Kier molecular flexibility index (Phi) is 3.71. The molecule has 0 bridgehead atoms. The zero-order chi connectivity index (χ0) is 15.3. The second-order valence-electron chi connectivity index (χ2n) is 6.65. The molecule has 0 spiro atoms. The molecule has 20 heavy (non-hydrogen) atoms. The standard InChI is InChI=1S/C15H20BrFN2O/c1-14(2)12(18)15(3,4)13(14)19-11(20)9-6-5-8(16)7-10(9)17/h5-7,12-13H,18H2,1-4H3,(H,19,20). The van der Waals surface area contributed by atoms with Crippen molar-refractivity contribution in [2.24, 2.45) is 16.6 Å². The molecule has 0 aliphatic heterocycles. The maximum Gasteiger partial charge on any atom is 0.254 e. The van der Waals surface area contributed by atoms with Crippen molar-refractivity contribution in [3.63, 3.8) is 0 Å². The lowest BCUT2D eigenvalue weighted by atomic mass is 9.48. The van der Waals surface area contributed by atoms with E-state index in [1.165, 1.54) is 12.1 Å². The summed E-state index contributed by atoms with van der Waals surface area (Å²) in [5.74, 6) is -0.927. The quantitative estimate of drug-likeness (QED) is 0.867. The third-order valence-corrected chi connectivity index (χ3v) is 5.04. The maximum atomic E-state index is 13.8. The predicted octanol–water partition coefficient (Wildman–Crippen LogP) is 3.08. The van der Waals surface area contributed by atoms with E-state index in [-0.39, 0.29) is 28.5 Å². The molecule has 1 aliphatic rings. The van der Waals surface area contributed by atoms with Crippen LogP contribution in [0.2, 0.25) is 0 Å². The summed E-state index contributed by atoms with van der Waals surface area (Å²) in [6.45, 7) is 8.08. The Morgan fingerprint density at radius 3 is 2.35 bits per heavy atom. The highest BCUT2D eigenvalue weighted by molar-refractivity contribution is 9.10. The van der Waals surface area contributed by atoms with E-state index in [0.717, 1.165) is 0 Å². The number of amides is 1. The normalized spacial score (nSPS) is 26.8. The Hall–Kier alpha value is -0.940. The first-order chi connectivity index (χ1) is 9.08. The Bertz CT molecular complexity index is 541. The molecule has 1 aromatic carbocycles. The van der Waals surface area contributed by atoms with Gasteiger partial charge in [-0.15, -0.1) is 0 Å². The van der Waals surface area contributed by atoms with Crippen LogP contribution in [0.4, 0.5) is 4.39 Å². The van der Waals surface area contributed by atoms with Crippen LogP contribution in [0.25, 0.3) is 0 Å². The Balaban J connectivity index is 2.20. The van der Waals surface area contributed by atoms with E-state index < -0.39 is 11.7 Å². The van der Waals surface area contributed by atoms with Crippen LogP contribution in [-0.4, -0.2) is 18.0 Å². The highest BCUT2D eigenvalue weighted by atomic mass is 79.9. The average molecular weight is 343 g/mol. The number of nitrogens with one attached hydrogen (secondary N) is 1. The summed E-state index contributed by atoms with van der Waals surface area (Å²) in [4.78, 5) is 12.3. The number of halogens is 2. The monoisotopic (exact) mass is 342 g/mol. The van der Waals surface area contributed by atoms with Crippen LogP contribution in [0.3, 0.4) is 0 Å². The molecule has 3 nitrogen and oxygen atoms in total. The van der Waals surface area contributed by atoms with Gasteiger partial charge in [0.25, 0.3) is 5.91 Å². The van der Waals surface area contributed by atoms with E-state index in [4.69, 9.17) is 5.73 Å². The number of carbonyl (C=O) groups excluding carboxylic acids is 1. The third-order valence-electron chi connectivity index (χ3n) is 4.54. The zero-order valence-electron chi connectivity index (χ0n) is 12.1. The minimum atomic E-state index is -0.531. The lowest BCUT2D eigenvalue weighted by Gasteiger charge is -2.62.